The molecule has 15 heteroatoms. The van der Waals surface area contributed by atoms with Gasteiger partial charge in [-0.3, -0.25) is 20.1 Å². The van der Waals surface area contributed by atoms with Crippen LogP contribution in [0.4, 0.5) is 11.6 Å². The zero-order chi connectivity index (χ0) is 25.1. The van der Waals surface area contributed by atoms with E-state index >= 15 is 0 Å². The zero-order valence-corrected chi connectivity index (χ0v) is 20.4. The Bertz CT molecular complexity index is 1030. The van der Waals surface area contributed by atoms with E-state index in [1.807, 2.05) is 24.3 Å². The number of aromatic nitrogens is 2. The number of unbranched alkanes of at least 4 members (excludes halogenated alkanes) is 1. The van der Waals surface area contributed by atoms with Gasteiger partial charge in [-0.05, 0) is 37.0 Å². The van der Waals surface area contributed by atoms with Crippen LogP contribution in [0.2, 0.25) is 5.15 Å². The third-order valence-electron chi connectivity index (χ3n) is 4.37. The topological polar surface area (TPSA) is 239 Å². The molecule has 0 bridgehead atoms. The van der Waals surface area contributed by atoms with Crippen LogP contribution in [-0.2, 0) is 6.42 Å². The highest BCUT2D eigenvalue weighted by Gasteiger charge is 2.16. The van der Waals surface area contributed by atoms with Crippen LogP contribution < -0.4 is 38.7 Å². The predicted octanol–water partition coefficient (Wildman–Crippen LogP) is -0.203. The third kappa shape index (κ3) is 10.5. The second-order valence-electron chi connectivity index (χ2n) is 7.19. The van der Waals surface area contributed by atoms with E-state index in [4.69, 9.17) is 45.0 Å². The SMILES string of the molecule is Cl.NC(N)=NCC(O)COc1ccc(CCCCN=C(N)NC(=O)c2nc(Cl)c(N)nc2N)cc1. The molecule has 0 radical (unpaired) electrons. The van der Waals surface area contributed by atoms with Gasteiger partial charge < -0.3 is 38.5 Å². The van der Waals surface area contributed by atoms with Gasteiger partial charge in [0.25, 0.3) is 5.91 Å². The van der Waals surface area contributed by atoms with Crippen molar-refractivity contribution in [3.63, 3.8) is 0 Å². The first kappa shape index (κ1) is 29.5. The summed E-state index contributed by atoms with van der Waals surface area (Å²) < 4.78 is 5.51. The van der Waals surface area contributed by atoms with Gasteiger partial charge in [-0.15, -0.1) is 12.4 Å². The van der Waals surface area contributed by atoms with Crippen molar-refractivity contribution in [2.24, 2.45) is 27.2 Å². The van der Waals surface area contributed by atoms with Crippen molar-refractivity contribution < 1.29 is 14.6 Å². The highest BCUT2D eigenvalue weighted by atomic mass is 35.5. The molecule has 13 nitrogen and oxygen atoms in total. The number of anilines is 2. The summed E-state index contributed by atoms with van der Waals surface area (Å²) in [4.78, 5) is 27.6. The van der Waals surface area contributed by atoms with E-state index in [1.165, 1.54) is 0 Å². The summed E-state index contributed by atoms with van der Waals surface area (Å²) in [6.07, 6.45) is 1.63. The average molecular weight is 529 g/mol. The van der Waals surface area contributed by atoms with Crippen molar-refractivity contribution in [1.29, 1.82) is 0 Å². The van der Waals surface area contributed by atoms with E-state index in [0.717, 1.165) is 24.8 Å². The highest BCUT2D eigenvalue weighted by molar-refractivity contribution is 6.31. The van der Waals surface area contributed by atoms with Crippen LogP contribution >= 0.6 is 24.0 Å². The molecule has 1 atom stereocenters. The first-order valence-corrected chi connectivity index (χ1v) is 10.7. The van der Waals surface area contributed by atoms with Gasteiger partial charge in [-0.2, -0.15) is 0 Å². The van der Waals surface area contributed by atoms with Gasteiger partial charge in [-0.25, -0.2) is 9.97 Å². The lowest BCUT2D eigenvalue weighted by Gasteiger charge is -2.11. The Labute approximate surface area is 213 Å². The Balaban J connectivity index is 0.00000612. The van der Waals surface area contributed by atoms with Crippen LogP contribution in [0.25, 0.3) is 0 Å². The number of rotatable bonds is 11. The van der Waals surface area contributed by atoms with Gasteiger partial charge in [0.15, 0.2) is 34.4 Å². The minimum Gasteiger partial charge on any atom is -0.491 e. The fraction of sp³-hybridized carbons (Fsp3) is 0.350. The number of carbonyl (C=O) groups is 1. The van der Waals surface area contributed by atoms with Crippen LogP contribution in [0.1, 0.15) is 28.9 Å². The molecule has 1 aromatic carbocycles. The number of ether oxygens (including phenoxy) is 1. The standard InChI is InChI=1S/C20H29ClN10O3.ClH/c21-15-17(23)30-16(22)14(29-15)18(33)31-20(26)27-8-2-1-3-11-4-6-13(7-5-11)34-10-12(32)9-28-19(24)25;/h4-7,12,32H,1-3,8-10H2,(H4,22,23,30)(H4,24,25,28)(H3,26,27,31,33);1H. The zero-order valence-electron chi connectivity index (χ0n) is 18.9. The predicted molar refractivity (Wildman–Crippen MR) is 139 cm³/mol. The summed E-state index contributed by atoms with van der Waals surface area (Å²) in [5.74, 6) is -0.427. The number of aryl methyl sites for hydroxylation is 1. The van der Waals surface area contributed by atoms with E-state index in [1.54, 1.807) is 0 Å². The van der Waals surface area contributed by atoms with Crippen molar-refractivity contribution in [3.8, 4) is 5.75 Å². The van der Waals surface area contributed by atoms with Crippen LogP contribution in [0.15, 0.2) is 34.3 Å². The molecule has 0 saturated heterocycles. The van der Waals surface area contributed by atoms with Gasteiger partial charge in [0, 0.05) is 6.54 Å². The Hall–Kier alpha value is -3.55. The maximum Gasteiger partial charge on any atom is 0.280 e. The summed E-state index contributed by atoms with van der Waals surface area (Å²) in [6, 6.07) is 7.54. The van der Waals surface area contributed by atoms with E-state index in [0.29, 0.717) is 12.3 Å². The second kappa shape index (κ2) is 14.7. The fourth-order valence-electron chi connectivity index (χ4n) is 2.67. The number of nitrogens with one attached hydrogen (secondary N) is 1. The molecule has 0 aliphatic carbocycles. The minimum absolute atomic E-state index is 0. The molecule has 1 unspecified atom stereocenters. The first-order valence-electron chi connectivity index (χ1n) is 10.3. The number of nitrogen functional groups attached to an aromatic ring is 2. The van der Waals surface area contributed by atoms with Gasteiger partial charge in [-0.1, -0.05) is 23.7 Å². The number of amides is 1. The van der Waals surface area contributed by atoms with Gasteiger partial charge >= 0.3 is 0 Å². The third-order valence-corrected chi connectivity index (χ3v) is 4.65. The summed E-state index contributed by atoms with van der Waals surface area (Å²) in [5.41, 5.74) is 28.2. The van der Waals surface area contributed by atoms with Gasteiger partial charge in [0.05, 0.1) is 6.54 Å². The van der Waals surface area contributed by atoms with Crippen molar-refractivity contribution in [2.75, 3.05) is 31.2 Å². The maximum absolute atomic E-state index is 12.2. The lowest BCUT2D eigenvalue weighted by atomic mass is 10.1. The number of halogens is 2. The first-order chi connectivity index (χ1) is 16.2. The molecule has 0 spiro atoms. The van der Waals surface area contributed by atoms with E-state index < -0.39 is 12.0 Å². The number of benzene rings is 1. The smallest absolute Gasteiger partial charge is 0.280 e. The number of aliphatic imine (C=N–C) groups is 2. The molecule has 1 amide bonds. The fourth-order valence-corrected chi connectivity index (χ4v) is 2.80. The number of aliphatic hydroxyl groups excluding tert-OH is 1. The molecule has 35 heavy (non-hydrogen) atoms. The highest BCUT2D eigenvalue weighted by Crippen LogP contribution is 2.17. The molecule has 192 valence electrons. The molecule has 0 aliphatic rings. The quantitative estimate of drug-likeness (QED) is 0.115. The number of aliphatic hydroxyl groups is 1. The Kier molecular flexibility index (Phi) is 12.3. The number of carbonyl (C=O) groups excluding carboxylic acids is 1. The van der Waals surface area contributed by atoms with Crippen molar-refractivity contribution in [2.45, 2.75) is 25.4 Å². The molecule has 2 aromatic rings. The van der Waals surface area contributed by atoms with Crippen LogP contribution in [0, 0.1) is 0 Å². The van der Waals surface area contributed by atoms with Crippen molar-refractivity contribution in [3.05, 3.63) is 40.7 Å². The molecule has 1 aromatic heterocycles. The Morgan fingerprint density at radius 3 is 2.43 bits per heavy atom. The molecule has 1 heterocycles. The Morgan fingerprint density at radius 1 is 1.09 bits per heavy atom. The van der Waals surface area contributed by atoms with Gasteiger partial charge in [0.1, 0.15) is 18.5 Å². The van der Waals surface area contributed by atoms with Crippen LogP contribution in [0.3, 0.4) is 0 Å². The number of nitrogens with zero attached hydrogens (tertiary/aromatic N) is 4. The molecule has 0 saturated carbocycles. The molecule has 12 N–H and O–H groups in total. The number of guanidine groups is 2. The molecule has 2 rings (SSSR count). The summed E-state index contributed by atoms with van der Waals surface area (Å²) >= 11 is 5.77. The number of hydrogen-bond acceptors (Lipinski definition) is 9. The lowest BCUT2D eigenvalue weighted by Crippen LogP contribution is -2.38. The van der Waals surface area contributed by atoms with Crippen LogP contribution in [-0.4, -0.2) is 58.7 Å². The van der Waals surface area contributed by atoms with Crippen molar-refractivity contribution in [1.82, 2.24) is 15.3 Å². The molecular weight excluding hydrogens is 499 g/mol. The average Bonchev–Trinajstić information content (AvgIpc) is 2.79. The maximum atomic E-state index is 12.2. The summed E-state index contributed by atoms with van der Waals surface area (Å²) in [6.45, 7) is 0.580. The minimum atomic E-state index is -0.797. The van der Waals surface area contributed by atoms with Gasteiger partial charge in [0.2, 0.25) is 0 Å². The second-order valence-corrected chi connectivity index (χ2v) is 7.54. The largest absolute Gasteiger partial charge is 0.491 e. The number of nitrogens with two attached hydrogens (primary N) is 5. The molecule has 0 fully saturated rings. The lowest BCUT2D eigenvalue weighted by molar-refractivity contribution is 0.0972. The van der Waals surface area contributed by atoms with E-state index in [9.17, 15) is 9.90 Å². The molecule has 0 aliphatic heterocycles. The van der Waals surface area contributed by atoms with E-state index in [2.05, 4.69) is 25.3 Å². The van der Waals surface area contributed by atoms with E-state index in [-0.39, 0.29) is 60.0 Å². The van der Waals surface area contributed by atoms with Crippen LogP contribution in [0.5, 0.6) is 5.75 Å². The number of hydrogen-bond donors (Lipinski definition) is 7. The summed E-state index contributed by atoms with van der Waals surface area (Å²) in [7, 11) is 0. The Morgan fingerprint density at radius 2 is 1.77 bits per heavy atom. The van der Waals surface area contributed by atoms with Crippen molar-refractivity contribution >= 4 is 53.5 Å². The monoisotopic (exact) mass is 528 g/mol. The summed E-state index contributed by atoms with van der Waals surface area (Å²) in [5, 5.41) is 12.0. The normalized spacial score (nSPS) is 11.8. The molecular formula is C20H30Cl2N10O3.